The molecule has 1 aromatic carbocycles. The molecule has 31 heavy (non-hydrogen) atoms. The molecule has 166 valence electrons. The van der Waals surface area contributed by atoms with Gasteiger partial charge in [-0.2, -0.15) is 0 Å². The van der Waals surface area contributed by atoms with E-state index >= 15 is 0 Å². The molecule has 2 amide bonds. The zero-order valence-corrected chi connectivity index (χ0v) is 17.7. The zero-order valence-electron chi connectivity index (χ0n) is 17.7. The minimum absolute atomic E-state index is 0.0506. The molecule has 2 saturated heterocycles. The Hall–Kier alpha value is -2.74. The van der Waals surface area contributed by atoms with Crippen LogP contribution < -0.4 is 5.32 Å². The summed E-state index contributed by atoms with van der Waals surface area (Å²) in [6.07, 6.45) is 4.94. The van der Waals surface area contributed by atoms with Crippen molar-refractivity contribution in [3.05, 3.63) is 53.2 Å². The van der Waals surface area contributed by atoms with Crippen LogP contribution >= 0.6 is 0 Å². The average molecular weight is 429 g/mol. The largest absolute Gasteiger partial charge is 0.370 e. The van der Waals surface area contributed by atoms with Gasteiger partial charge in [0.1, 0.15) is 11.6 Å². The zero-order chi connectivity index (χ0) is 21.8. The van der Waals surface area contributed by atoms with E-state index in [1.807, 2.05) is 6.92 Å². The summed E-state index contributed by atoms with van der Waals surface area (Å²) in [6, 6.07) is 7.34. The molecule has 1 spiro atoms. The van der Waals surface area contributed by atoms with Crippen LogP contribution in [0.25, 0.3) is 0 Å². The number of halogens is 1. The number of nitrogens with one attached hydrogen (secondary N) is 1. The number of ether oxygens (including phenoxy) is 1. The fourth-order valence-electron chi connectivity index (χ4n) is 4.38. The Morgan fingerprint density at radius 3 is 2.68 bits per heavy atom. The normalized spacial score (nSPS) is 20.2. The average Bonchev–Trinajstić information content (AvgIpc) is 3.41. The molecule has 7 nitrogen and oxygen atoms in total. The van der Waals surface area contributed by atoms with Crippen LogP contribution in [0.15, 0.2) is 34.9 Å². The number of carbonyl (C=O) groups excluding carboxylic acids is 2. The van der Waals surface area contributed by atoms with Crippen LogP contribution in [0, 0.1) is 5.82 Å². The first-order valence-electron chi connectivity index (χ1n) is 10.9. The molecule has 0 bridgehead atoms. The van der Waals surface area contributed by atoms with Gasteiger partial charge in [-0.25, -0.2) is 4.39 Å². The molecular formula is C23H28FN3O4. The second kappa shape index (κ2) is 9.18. The van der Waals surface area contributed by atoms with Crippen molar-refractivity contribution in [2.24, 2.45) is 0 Å². The SMILES string of the molecule is CCCc1cc(C(=O)NCC2CCC3(CCN(C(=O)c4ccc(F)cc4)CC3)O2)no1. The Morgan fingerprint density at radius 2 is 1.97 bits per heavy atom. The van der Waals surface area contributed by atoms with Crippen LogP contribution in [-0.4, -0.2) is 53.2 Å². The van der Waals surface area contributed by atoms with Gasteiger partial charge in [0.2, 0.25) is 0 Å². The summed E-state index contributed by atoms with van der Waals surface area (Å²) in [4.78, 5) is 26.7. The smallest absolute Gasteiger partial charge is 0.273 e. The molecule has 1 unspecified atom stereocenters. The highest BCUT2D eigenvalue weighted by molar-refractivity contribution is 5.94. The van der Waals surface area contributed by atoms with Gasteiger partial charge in [0, 0.05) is 37.7 Å². The second-order valence-electron chi connectivity index (χ2n) is 8.40. The third-order valence-corrected chi connectivity index (χ3v) is 6.17. The molecule has 2 aliphatic rings. The Balaban J connectivity index is 1.24. The lowest BCUT2D eigenvalue weighted by Crippen LogP contribution is -2.47. The molecular weight excluding hydrogens is 401 g/mol. The van der Waals surface area contributed by atoms with Crippen LogP contribution in [0.5, 0.6) is 0 Å². The molecule has 4 rings (SSSR count). The number of rotatable bonds is 6. The van der Waals surface area contributed by atoms with E-state index in [1.54, 1.807) is 11.0 Å². The van der Waals surface area contributed by atoms with Crippen molar-refractivity contribution in [2.75, 3.05) is 19.6 Å². The molecule has 0 saturated carbocycles. The Bertz CT molecular complexity index is 919. The van der Waals surface area contributed by atoms with Crippen molar-refractivity contribution in [1.29, 1.82) is 0 Å². The van der Waals surface area contributed by atoms with Gasteiger partial charge in [0.25, 0.3) is 11.8 Å². The van der Waals surface area contributed by atoms with Crippen molar-refractivity contribution >= 4 is 11.8 Å². The first-order valence-corrected chi connectivity index (χ1v) is 10.9. The lowest BCUT2D eigenvalue weighted by Gasteiger charge is -2.39. The highest BCUT2D eigenvalue weighted by Gasteiger charge is 2.43. The second-order valence-corrected chi connectivity index (χ2v) is 8.40. The van der Waals surface area contributed by atoms with Gasteiger partial charge < -0.3 is 19.5 Å². The van der Waals surface area contributed by atoms with Crippen LogP contribution in [0.3, 0.4) is 0 Å². The van der Waals surface area contributed by atoms with E-state index in [4.69, 9.17) is 9.26 Å². The van der Waals surface area contributed by atoms with Gasteiger partial charge in [-0.1, -0.05) is 12.1 Å². The van der Waals surface area contributed by atoms with Gasteiger partial charge in [-0.15, -0.1) is 0 Å². The van der Waals surface area contributed by atoms with Gasteiger partial charge >= 0.3 is 0 Å². The number of amides is 2. The molecule has 0 aliphatic carbocycles. The van der Waals surface area contributed by atoms with Crippen molar-refractivity contribution in [2.45, 2.75) is 57.2 Å². The maximum Gasteiger partial charge on any atom is 0.273 e. The number of piperidine rings is 1. The lowest BCUT2D eigenvalue weighted by atomic mass is 9.88. The predicted octanol–water partition coefficient (Wildman–Crippen LogP) is 3.35. The van der Waals surface area contributed by atoms with Crippen molar-refractivity contribution in [3.8, 4) is 0 Å². The third kappa shape index (κ3) is 4.95. The maximum absolute atomic E-state index is 13.1. The highest BCUT2D eigenvalue weighted by atomic mass is 19.1. The first kappa shape index (κ1) is 21.5. The quantitative estimate of drug-likeness (QED) is 0.761. The molecule has 1 N–H and O–H groups in total. The molecule has 2 aromatic rings. The van der Waals surface area contributed by atoms with Gasteiger partial charge in [-0.05, 0) is 56.4 Å². The highest BCUT2D eigenvalue weighted by Crippen LogP contribution is 2.39. The summed E-state index contributed by atoms with van der Waals surface area (Å²) in [5.41, 5.74) is 0.556. The van der Waals surface area contributed by atoms with Crippen molar-refractivity contribution in [3.63, 3.8) is 0 Å². The maximum atomic E-state index is 13.1. The molecule has 1 aromatic heterocycles. The Labute approximate surface area is 180 Å². The van der Waals surface area contributed by atoms with E-state index in [9.17, 15) is 14.0 Å². The van der Waals surface area contributed by atoms with E-state index in [0.717, 1.165) is 38.5 Å². The monoisotopic (exact) mass is 429 g/mol. The van der Waals surface area contributed by atoms with Gasteiger partial charge in [0.05, 0.1) is 11.7 Å². The summed E-state index contributed by atoms with van der Waals surface area (Å²) in [5, 5.41) is 6.72. The first-order chi connectivity index (χ1) is 15.0. The molecule has 2 fully saturated rings. The van der Waals surface area contributed by atoms with Crippen LogP contribution in [0.1, 0.15) is 65.6 Å². The van der Waals surface area contributed by atoms with E-state index < -0.39 is 0 Å². The van der Waals surface area contributed by atoms with Crippen LogP contribution in [0.2, 0.25) is 0 Å². The summed E-state index contributed by atoms with van der Waals surface area (Å²) >= 11 is 0. The van der Waals surface area contributed by atoms with Crippen molar-refractivity contribution < 1.29 is 23.2 Å². The fraction of sp³-hybridized carbons (Fsp3) is 0.522. The van der Waals surface area contributed by atoms with Gasteiger partial charge in [-0.3, -0.25) is 9.59 Å². The predicted molar refractivity (Wildman–Crippen MR) is 111 cm³/mol. The van der Waals surface area contributed by atoms with E-state index in [-0.39, 0.29) is 29.3 Å². The number of benzene rings is 1. The van der Waals surface area contributed by atoms with Crippen LogP contribution in [-0.2, 0) is 11.2 Å². The van der Waals surface area contributed by atoms with E-state index in [2.05, 4.69) is 10.5 Å². The number of nitrogens with zero attached hydrogens (tertiary/aromatic N) is 2. The molecule has 3 heterocycles. The third-order valence-electron chi connectivity index (χ3n) is 6.17. The van der Waals surface area contributed by atoms with Crippen molar-refractivity contribution in [1.82, 2.24) is 15.4 Å². The molecule has 2 aliphatic heterocycles. The summed E-state index contributed by atoms with van der Waals surface area (Å²) < 4.78 is 24.6. The minimum Gasteiger partial charge on any atom is -0.370 e. The van der Waals surface area contributed by atoms with E-state index in [1.165, 1.54) is 24.3 Å². The molecule has 0 radical (unpaired) electrons. The number of hydrogen-bond donors (Lipinski definition) is 1. The summed E-state index contributed by atoms with van der Waals surface area (Å²) in [5.74, 6) is 0.0318. The number of aromatic nitrogens is 1. The standard InChI is InChI=1S/C23H28FN3O4/c1-2-3-18-14-20(26-31-18)21(28)25-15-19-8-9-23(30-19)10-12-27(13-11-23)22(29)16-4-6-17(24)7-5-16/h4-7,14,19H,2-3,8-13,15H2,1H3,(H,25,28). The van der Waals surface area contributed by atoms with E-state index in [0.29, 0.717) is 36.7 Å². The van der Waals surface area contributed by atoms with Gasteiger partial charge in [0.15, 0.2) is 5.69 Å². The lowest BCUT2D eigenvalue weighted by molar-refractivity contribution is -0.0712. The number of carbonyl (C=O) groups is 2. The Morgan fingerprint density at radius 1 is 1.23 bits per heavy atom. The minimum atomic E-state index is -0.350. The van der Waals surface area contributed by atoms with Crippen LogP contribution in [0.4, 0.5) is 4.39 Å². The molecule has 1 atom stereocenters. The fourth-order valence-corrected chi connectivity index (χ4v) is 4.38. The number of hydrogen-bond acceptors (Lipinski definition) is 5. The molecule has 8 heteroatoms. The Kier molecular flexibility index (Phi) is 6.36. The number of likely N-dealkylation sites (tertiary alicyclic amines) is 1. The number of aryl methyl sites for hydroxylation is 1. The summed E-state index contributed by atoms with van der Waals surface area (Å²) in [7, 11) is 0. The summed E-state index contributed by atoms with van der Waals surface area (Å²) in [6.45, 7) is 3.68. The topological polar surface area (TPSA) is 84.7 Å².